The molecule has 0 fully saturated rings. The van der Waals surface area contributed by atoms with Crippen molar-refractivity contribution in [2.45, 2.75) is 62.9 Å². The summed E-state index contributed by atoms with van der Waals surface area (Å²) in [4.78, 5) is 0. The summed E-state index contributed by atoms with van der Waals surface area (Å²) < 4.78 is -3.96. The molecule has 0 radical (unpaired) electrons. The summed E-state index contributed by atoms with van der Waals surface area (Å²) >= 11 is 26.8. The van der Waals surface area contributed by atoms with E-state index in [2.05, 4.69) is 58.9 Å². The van der Waals surface area contributed by atoms with Crippen molar-refractivity contribution in [3.63, 3.8) is 0 Å². The minimum atomic E-state index is -3.75. The predicted octanol–water partition coefficient (Wildman–Crippen LogP) is 7.53. The number of rotatable bonds is 4. The van der Waals surface area contributed by atoms with E-state index in [-0.39, 0.29) is 4.03 Å². The fourth-order valence-corrected chi connectivity index (χ4v) is 71.4. The molecule has 0 aromatic rings. The molecule has 0 aromatic heterocycles. The Hall–Kier alpha value is 2.24. The van der Waals surface area contributed by atoms with Crippen LogP contribution in [-0.4, -0.2) is 28.2 Å². The van der Waals surface area contributed by atoms with Gasteiger partial charge in [0.25, 0.3) is 0 Å². The SMILES string of the molecule is C[Si](C)(C)C([Si](C)(C)C)([Si](C)(C)C)P(Cl)(Cl)(Cl)Cl. The standard InChI is InChI=1S/C10H27Cl4PSi3/c1-16(2,3)10(17(4,5)6,18(7,8)9)15(11,12,13)14/h1-9H3. The molecule has 0 saturated carbocycles. The summed E-state index contributed by atoms with van der Waals surface area (Å²) in [7, 11) is -5.29. The van der Waals surface area contributed by atoms with Crippen LogP contribution >= 0.6 is 49.0 Å². The fraction of sp³-hybridized carbons (Fsp3) is 1.00. The molecular formula is C10H27Cl4PSi3. The Morgan fingerprint density at radius 3 is 0.722 bits per heavy atom. The predicted molar refractivity (Wildman–Crippen MR) is 103 cm³/mol. The van der Waals surface area contributed by atoms with Crippen LogP contribution in [0.4, 0.5) is 0 Å². The second-order valence-corrected chi connectivity index (χ2v) is 40.0. The number of hydrogen-bond acceptors (Lipinski definition) is 0. The van der Waals surface area contributed by atoms with Crippen LogP contribution in [0.1, 0.15) is 0 Å². The maximum atomic E-state index is 6.70. The summed E-state index contributed by atoms with van der Waals surface area (Å²) in [5.41, 5.74) is 0. The van der Waals surface area contributed by atoms with Crippen LogP contribution in [0.2, 0.25) is 58.9 Å². The van der Waals surface area contributed by atoms with Crippen molar-refractivity contribution in [1.29, 1.82) is 0 Å². The van der Waals surface area contributed by atoms with E-state index in [1.54, 1.807) is 0 Å². The zero-order valence-corrected chi connectivity index (χ0v) is 19.9. The fourth-order valence-electron chi connectivity index (χ4n) is 4.90. The van der Waals surface area contributed by atoms with Crippen LogP contribution in [0, 0.1) is 0 Å². The molecule has 112 valence electrons. The van der Waals surface area contributed by atoms with Crippen molar-refractivity contribution in [2.24, 2.45) is 0 Å². The van der Waals surface area contributed by atoms with Crippen molar-refractivity contribution in [3.8, 4) is 0 Å². The van der Waals surface area contributed by atoms with Gasteiger partial charge in [-0.2, -0.15) is 0 Å². The minimum absolute atomic E-state index is 0.204. The zero-order valence-electron chi connectivity index (χ0n) is 13.0. The quantitative estimate of drug-likeness (QED) is 0.336. The van der Waals surface area contributed by atoms with Crippen LogP contribution in [-0.2, 0) is 0 Å². The molecule has 0 atom stereocenters. The molecule has 8 heteroatoms. The van der Waals surface area contributed by atoms with Crippen LogP contribution in [0.15, 0.2) is 0 Å². The maximum absolute atomic E-state index is 6.70. The molecule has 0 heterocycles. The van der Waals surface area contributed by atoms with Gasteiger partial charge >= 0.3 is 136 Å². The van der Waals surface area contributed by atoms with E-state index in [9.17, 15) is 0 Å². The molecule has 0 aliphatic rings. The second kappa shape index (κ2) is 4.87. The van der Waals surface area contributed by atoms with Crippen LogP contribution in [0.3, 0.4) is 0 Å². The zero-order chi connectivity index (χ0) is 15.4. The van der Waals surface area contributed by atoms with Gasteiger partial charge < -0.3 is 0 Å². The Labute approximate surface area is 135 Å². The van der Waals surface area contributed by atoms with Crippen LogP contribution < -0.4 is 0 Å². The molecule has 0 nitrogen and oxygen atoms in total. The Morgan fingerprint density at radius 1 is 0.556 bits per heavy atom. The average Bonchev–Trinajstić information content (AvgIpc) is 1.64. The first kappa shape index (κ1) is 20.2. The summed E-state index contributed by atoms with van der Waals surface area (Å²) in [5.74, 6) is 0. The van der Waals surface area contributed by atoms with Crippen molar-refractivity contribution in [1.82, 2.24) is 0 Å². The normalized spacial score (nSPS) is 18.4. The van der Waals surface area contributed by atoms with Crippen LogP contribution in [0.5, 0.6) is 0 Å². The molecule has 0 N–H and O–H groups in total. The monoisotopic (exact) mass is 402 g/mol. The average molecular weight is 404 g/mol. The number of halogens is 4. The summed E-state index contributed by atoms with van der Waals surface area (Å²) in [6.07, 6.45) is 0. The molecule has 0 saturated heterocycles. The third kappa shape index (κ3) is 3.19. The van der Waals surface area contributed by atoms with Crippen molar-refractivity contribution < 1.29 is 0 Å². The first-order valence-corrected chi connectivity index (χ1v) is 22.5. The molecule has 0 bridgehead atoms. The molecule has 0 spiro atoms. The first-order chi connectivity index (χ1) is 7.26. The Balaban J connectivity index is 6.71. The van der Waals surface area contributed by atoms with Crippen LogP contribution in [0.25, 0.3) is 0 Å². The number of hydrogen-bond donors (Lipinski definition) is 0. The van der Waals surface area contributed by atoms with E-state index in [0.717, 1.165) is 0 Å². The van der Waals surface area contributed by atoms with Gasteiger partial charge in [0.1, 0.15) is 0 Å². The molecule has 0 rings (SSSR count). The topological polar surface area (TPSA) is 0 Å². The van der Waals surface area contributed by atoms with Gasteiger partial charge in [0.05, 0.1) is 0 Å². The van der Waals surface area contributed by atoms with Crippen molar-refractivity contribution in [2.75, 3.05) is 0 Å². The van der Waals surface area contributed by atoms with Gasteiger partial charge in [0.15, 0.2) is 0 Å². The van der Waals surface area contributed by atoms with Gasteiger partial charge in [0.2, 0.25) is 0 Å². The van der Waals surface area contributed by atoms with E-state index in [1.165, 1.54) is 0 Å². The van der Waals surface area contributed by atoms with Crippen molar-refractivity contribution in [3.05, 3.63) is 0 Å². The summed E-state index contributed by atoms with van der Waals surface area (Å²) in [6.45, 7) is 20.9. The van der Waals surface area contributed by atoms with E-state index in [1.807, 2.05) is 0 Å². The molecule has 0 unspecified atom stereocenters. The summed E-state index contributed by atoms with van der Waals surface area (Å²) in [5, 5.41) is 0. The van der Waals surface area contributed by atoms with Gasteiger partial charge in [0, 0.05) is 0 Å². The van der Waals surface area contributed by atoms with Gasteiger partial charge in [-0.25, -0.2) is 0 Å². The van der Waals surface area contributed by atoms with Gasteiger partial charge in [-0.15, -0.1) is 0 Å². The van der Waals surface area contributed by atoms with Gasteiger partial charge in [-0.3, -0.25) is 0 Å². The van der Waals surface area contributed by atoms with E-state index in [4.69, 9.17) is 45.0 Å². The molecule has 0 aromatic carbocycles. The molecule has 0 aliphatic carbocycles. The van der Waals surface area contributed by atoms with E-state index >= 15 is 0 Å². The molecular weight excluding hydrogens is 377 g/mol. The first-order valence-electron chi connectivity index (χ1n) is 6.15. The third-order valence-electron chi connectivity index (χ3n) is 3.76. The van der Waals surface area contributed by atoms with E-state index < -0.39 is 28.2 Å². The Kier molecular flexibility index (Phi) is 5.48. The Morgan fingerprint density at radius 2 is 0.722 bits per heavy atom. The van der Waals surface area contributed by atoms with Crippen molar-refractivity contribution >= 4 is 73.2 Å². The van der Waals surface area contributed by atoms with Gasteiger partial charge in [-0.05, 0) is 0 Å². The molecule has 0 amide bonds. The Bertz CT molecular complexity index is 285. The summed E-state index contributed by atoms with van der Waals surface area (Å²) in [6, 6.07) is 0. The van der Waals surface area contributed by atoms with Gasteiger partial charge in [-0.1, -0.05) is 0 Å². The molecule has 0 aliphatic heterocycles. The third-order valence-corrected chi connectivity index (χ3v) is 43.0. The van der Waals surface area contributed by atoms with E-state index in [0.29, 0.717) is 0 Å². The second-order valence-electron chi connectivity index (χ2n) is 8.18. The molecule has 18 heavy (non-hydrogen) atoms.